The van der Waals surface area contributed by atoms with E-state index in [1.165, 1.54) is 18.2 Å². The fourth-order valence-corrected chi connectivity index (χ4v) is 2.17. The van der Waals surface area contributed by atoms with E-state index in [0.29, 0.717) is 11.3 Å². The second-order valence-electron chi connectivity index (χ2n) is 3.79. The molecule has 1 aromatic rings. The highest BCUT2D eigenvalue weighted by Gasteiger charge is 2.27. The van der Waals surface area contributed by atoms with Gasteiger partial charge in [-0.3, -0.25) is 10.1 Å². The van der Waals surface area contributed by atoms with Gasteiger partial charge in [-0.05, 0) is 19.4 Å². The van der Waals surface area contributed by atoms with E-state index in [1.807, 2.05) is 0 Å². The summed E-state index contributed by atoms with van der Waals surface area (Å²) in [4.78, 5) is 22.1. The Morgan fingerprint density at radius 2 is 2.20 bits per heavy atom. The van der Waals surface area contributed by atoms with E-state index in [9.17, 15) is 19.5 Å². The van der Waals surface area contributed by atoms with Gasteiger partial charge >= 0.3 is 5.97 Å². The van der Waals surface area contributed by atoms with E-state index in [4.69, 9.17) is 4.74 Å². The van der Waals surface area contributed by atoms with E-state index in [2.05, 4.69) is 4.72 Å². The fourth-order valence-electron chi connectivity index (χ4n) is 1.51. The lowest BCUT2D eigenvalue weighted by Gasteiger charge is -2.18. The second kappa shape index (κ2) is 7.83. The van der Waals surface area contributed by atoms with E-state index in [-0.39, 0.29) is 12.3 Å². The van der Waals surface area contributed by atoms with Gasteiger partial charge in [0.15, 0.2) is 6.04 Å². The van der Waals surface area contributed by atoms with Gasteiger partial charge in [-0.15, -0.1) is 4.72 Å². The lowest BCUT2D eigenvalue weighted by Crippen LogP contribution is -2.35. The average molecular weight is 300 g/mol. The number of hydrogen-bond acceptors (Lipinski definition) is 6. The molecule has 0 bridgehead atoms. The number of carbonyl (C=O) groups is 1. The Balaban J connectivity index is 3.05. The summed E-state index contributed by atoms with van der Waals surface area (Å²) in [7, 11) is 0. The molecule has 0 aliphatic rings. The summed E-state index contributed by atoms with van der Waals surface area (Å²) >= 11 is -1.42. The molecule has 0 saturated heterocycles. The van der Waals surface area contributed by atoms with E-state index < -0.39 is 28.3 Å². The molecule has 20 heavy (non-hydrogen) atoms. The number of nitrogens with one attached hydrogen (secondary N) is 1. The number of ether oxygens (including phenoxy) is 1. The van der Waals surface area contributed by atoms with Crippen LogP contribution in [-0.4, -0.2) is 27.8 Å². The van der Waals surface area contributed by atoms with Crippen molar-refractivity contribution in [3.63, 3.8) is 0 Å². The van der Waals surface area contributed by atoms with Crippen LogP contribution in [0.1, 0.15) is 25.5 Å². The molecule has 0 aliphatic carbocycles. The summed E-state index contributed by atoms with van der Waals surface area (Å²) in [6, 6.07) is 4.62. The first-order valence-electron chi connectivity index (χ1n) is 6.05. The molecule has 7 nitrogen and oxygen atoms in total. The van der Waals surface area contributed by atoms with Crippen LogP contribution in [0.25, 0.3) is 0 Å². The molecule has 0 aliphatic heterocycles. The molecule has 0 spiro atoms. The number of nitro benzene ring substituents is 1. The lowest BCUT2D eigenvalue weighted by atomic mass is 10.1. The maximum Gasteiger partial charge on any atom is 0.332 e. The van der Waals surface area contributed by atoms with Gasteiger partial charge in [0.25, 0.3) is 5.69 Å². The Labute approximate surface area is 119 Å². The van der Waals surface area contributed by atoms with Crippen molar-refractivity contribution in [2.45, 2.75) is 19.9 Å². The first-order chi connectivity index (χ1) is 9.49. The standard InChI is InChI=1S/C12H16N2O5S/c1-3-19-12(15)11(13-20(18)4-2)9-6-5-7-10(8-9)14(16)17/h5-8,11,13H,3-4H2,1-2H3/t11-,20?/m0/s1. The number of benzene rings is 1. The van der Waals surface area contributed by atoms with Gasteiger partial charge in [0, 0.05) is 23.5 Å². The first-order valence-corrected chi connectivity index (χ1v) is 7.37. The highest BCUT2D eigenvalue weighted by atomic mass is 32.2. The zero-order valence-corrected chi connectivity index (χ0v) is 12.0. The van der Waals surface area contributed by atoms with Crippen molar-refractivity contribution < 1.29 is 19.0 Å². The zero-order valence-electron chi connectivity index (χ0n) is 11.2. The number of nitro groups is 1. The third-order valence-corrected chi connectivity index (χ3v) is 3.47. The summed E-state index contributed by atoms with van der Waals surface area (Å²) in [5, 5.41) is 10.8. The van der Waals surface area contributed by atoms with Crippen molar-refractivity contribution in [3.8, 4) is 0 Å². The van der Waals surface area contributed by atoms with Gasteiger partial charge in [0.05, 0.1) is 11.5 Å². The van der Waals surface area contributed by atoms with E-state index in [1.54, 1.807) is 19.9 Å². The summed E-state index contributed by atoms with van der Waals surface area (Å²) < 4.78 is 19.1. The predicted molar refractivity (Wildman–Crippen MR) is 74.3 cm³/mol. The highest BCUT2D eigenvalue weighted by molar-refractivity contribution is 7.89. The lowest BCUT2D eigenvalue weighted by molar-refractivity contribution is -0.384. The number of carbonyl (C=O) groups excluding carboxylic acids is 1. The minimum Gasteiger partial charge on any atom is -0.598 e. The Bertz CT molecular complexity index is 483. The zero-order chi connectivity index (χ0) is 15.1. The molecular formula is C12H16N2O5S. The first kappa shape index (κ1) is 16.4. The van der Waals surface area contributed by atoms with Crippen LogP contribution in [0, 0.1) is 10.1 Å². The Hall–Kier alpha value is -1.64. The number of hydrogen-bond donors (Lipinski definition) is 1. The molecule has 0 aromatic heterocycles. The maximum absolute atomic E-state index is 11.9. The molecule has 110 valence electrons. The summed E-state index contributed by atoms with van der Waals surface area (Å²) in [6.07, 6.45) is 0. The average Bonchev–Trinajstić information content (AvgIpc) is 2.44. The van der Waals surface area contributed by atoms with Crippen molar-refractivity contribution in [2.24, 2.45) is 0 Å². The molecule has 1 aromatic carbocycles. The molecular weight excluding hydrogens is 284 g/mol. The van der Waals surface area contributed by atoms with Crippen molar-refractivity contribution in [2.75, 3.05) is 12.4 Å². The molecule has 0 saturated carbocycles. The summed E-state index contributed by atoms with van der Waals surface area (Å²) in [5.74, 6) is -0.306. The Morgan fingerprint density at radius 1 is 1.50 bits per heavy atom. The van der Waals surface area contributed by atoms with E-state index >= 15 is 0 Å². The molecule has 0 amide bonds. The van der Waals surface area contributed by atoms with Crippen molar-refractivity contribution in [1.82, 2.24) is 4.72 Å². The summed E-state index contributed by atoms with van der Waals surface area (Å²) in [5.41, 5.74) is 0.209. The molecule has 1 N–H and O–H groups in total. The van der Waals surface area contributed by atoms with E-state index in [0.717, 1.165) is 0 Å². The molecule has 0 heterocycles. The van der Waals surface area contributed by atoms with Gasteiger partial charge in [-0.2, -0.15) is 0 Å². The second-order valence-corrected chi connectivity index (χ2v) is 5.29. The number of non-ortho nitro benzene ring substituents is 1. The topological polar surface area (TPSA) is 105 Å². The van der Waals surface area contributed by atoms with Gasteiger partial charge in [0.2, 0.25) is 0 Å². The molecule has 0 fully saturated rings. The SMILES string of the molecule is CCOC(=O)[C@@H](N[S+]([O-])CC)c1cccc([N+](=O)[O-])c1. The van der Waals surface area contributed by atoms with Crippen LogP contribution in [0.2, 0.25) is 0 Å². The van der Waals surface area contributed by atoms with Crippen LogP contribution in [0.5, 0.6) is 0 Å². The third kappa shape index (κ3) is 4.48. The predicted octanol–water partition coefficient (Wildman–Crippen LogP) is 1.47. The molecule has 8 heteroatoms. The van der Waals surface area contributed by atoms with Crippen LogP contribution < -0.4 is 4.72 Å². The molecule has 1 unspecified atom stereocenters. The van der Waals surface area contributed by atoms with Crippen LogP contribution in [-0.2, 0) is 20.9 Å². The van der Waals surface area contributed by atoms with Gasteiger partial charge in [-0.25, -0.2) is 4.79 Å². The van der Waals surface area contributed by atoms with Gasteiger partial charge in [-0.1, -0.05) is 12.1 Å². The largest absolute Gasteiger partial charge is 0.598 e. The van der Waals surface area contributed by atoms with Crippen LogP contribution in [0.3, 0.4) is 0 Å². The van der Waals surface area contributed by atoms with Gasteiger partial charge < -0.3 is 9.29 Å². The molecule has 0 radical (unpaired) electrons. The maximum atomic E-state index is 11.9. The van der Waals surface area contributed by atoms with Crippen molar-refractivity contribution in [1.29, 1.82) is 0 Å². The van der Waals surface area contributed by atoms with Gasteiger partial charge in [0.1, 0.15) is 5.75 Å². The van der Waals surface area contributed by atoms with Crippen LogP contribution >= 0.6 is 0 Å². The fraction of sp³-hybridized carbons (Fsp3) is 0.417. The van der Waals surface area contributed by atoms with Crippen LogP contribution in [0.4, 0.5) is 5.69 Å². The number of esters is 1. The highest BCUT2D eigenvalue weighted by Crippen LogP contribution is 2.21. The van der Waals surface area contributed by atoms with Crippen molar-refractivity contribution in [3.05, 3.63) is 39.9 Å². The normalized spacial score (nSPS) is 13.6. The minimum atomic E-state index is -1.42. The minimum absolute atomic E-state index is 0.138. The third-order valence-electron chi connectivity index (χ3n) is 2.45. The van der Waals surface area contributed by atoms with Crippen molar-refractivity contribution >= 4 is 23.0 Å². The smallest absolute Gasteiger partial charge is 0.332 e. The summed E-state index contributed by atoms with van der Waals surface area (Å²) in [6.45, 7) is 3.52. The monoisotopic (exact) mass is 300 g/mol. The number of nitrogens with zero attached hydrogens (tertiary/aromatic N) is 1. The number of rotatable bonds is 7. The Kier molecular flexibility index (Phi) is 6.43. The molecule has 1 rings (SSSR count). The quantitative estimate of drug-likeness (QED) is 0.354. The van der Waals surface area contributed by atoms with Crippen LogP contribution in [0.15, 0.2) is 24.3 Å². The molecule has 2 atom stereocenters. The Morgan fingerprint density at radius 3 is 2.75 bits per heavy atom.